The van der Waals surface area contributed by atoms with Crippen molar-refractivity contribution in [2.24, 2.45) is 11.7 Å². The summed E-state index contributed by atoms with van der Waals surface area (Å²) in [6, 6.07) is 5.19. The number of hydrogen-bond acceptors (Lipinski definition) is 2. The molecule has 2 atom stereocenters. The van der Waals surface area contributed by atoms with Crippen LogP contribution in [0.2, 0.25) is 10.0 Å². The summed E-state index contributed by atoms with van der Waals surface area (Å²) in [5, 5.41) is 3.86. The van der Waals surface area contributed by atoms with Gasteiger partial charge < -0.3 is 11.1 Å². The summed E-state index contributed by atoms with van der Waals surface area (Å²) in [7, 11) is 0. The van der Waals surface area contributed by atoms with Crippen molar-refractivity contribution >= 4 is 29.1 Å². The van der Waals surface area contributed by atoms with Gasteiger partial charge in [0, 0.05) is 12.5 Å². The van der Waals surface area contributed by atoms with Crippen LogP contribution in [0.3, 0.4) is 0 Å². The zero-order valence-corrected chi connectivity index (χ0v) is 11.3. The van der Waals surface area contributed by atoms with E-state index in [1.54, 1.807) is 19.1 Å². The molecule has 1 rings (SSSR count). The third kappa shape index (κ3) is 3.87. The first-order chi connectivity index (χ1) is 7.95. The van der Waals surface area contributed by atoms with Crippen molar-refractivity contribution < 1.29 is 4.79 Å². The molecule has 0 fully saturated rings. The minimum absolute atomic E-state index is 0.0638. The largest absolute Gasteiger partial charge is 0.349 e. The second-order valence-electron chi connectivity index (χ2n) is 4.04. The van der Waals surface area contributed by atoms with Crippen LogP contribution >= 0.6 is 23.2 Å². The predicted octanol–water partition coefficient (Wildman–Crippen LogP) is 2.77. The Morgan fingerprint density at radius 2 is 2.00 bits per heavy atom. The van der Waals surface area contributed by atoms with E-state index in [2.05, 4.69) is 5.32 Å². The Morgan fingerprint density at radius 3 is 2.53 bits per heavy atom. The molecule has 0 bridgehead atoms. The maximum atomic E-state index is 11.7. The number of nitrogens with one attached hydrogen (secondary N) is 1. The molecule has 0 spiro atoms. The average molecular weight is 275 g/mol. The summed E-state index contributed by atoms with van der Waals surface area (Å²) in [6.07, 6.45) is 0. The number of benzene rings is 1. The van der Waals surface area contributed by atoms with Gasteiger partial charge in [0.1, 0.15) is 0 Å². The fraction of sp³-hybridized carbons (Fsp3) is 0.417. The molecule has 2 unspecified atom stereocenters. The number of carbonyl (C=O) groups is 1. The van der Waals surface area contributed by atoms with Crippen LogP contribution in [-0.2, 0) is 4.79 Å². The summed E-state index contributed by atoms with van der Waals surface area (Å²) in [4.78, 5) is 11.7. The molecule has 1 aromatic carbocycles. The number of amides is 1. The van der Waals surface area contributed by atoms with Crippen LogP contribution in [0, 0.1) is 5.92 Å². The molecule has 3 N–H and O–H groups in total. The van der Waals surface area contributed by atoms with Crippen molar-refractivity contribution in [3.05, 3.63) is 33.8 Å². The summed E-state index contributed by atoms with van der Waals surface area (Å²) in [5.41, 5.74) is 6.35. The molecule has 94 valence electrons. The van der Waals surface area contributed by atoms with E-state index in [9.17, 15) is 4.79 Å². The van der Waals surface area contributed by atoms with Crippen molar-refractivity contribution in [2.45, 2.75) is 19.9 Å². The first-order valence-electron chi connectivity index (χ1n) is 5.41. The molecule has 0 saturated carbocycles. The standard InChI is InChI=1S/C12H16Cl2N2O/c1-7(6-15)12(17)16-8(2)9-3-4-10(13)11(14)5-9/h3-5,7-8H,6,15H2,1-2H3,(H,16,17). The molecule has 0 aromatic heterocycles. The van der Waals surface area contributed by atoms with Gasteiger partial charge in [-0.15, -0.1) is 0 Å². The molecular formula is C12H16Cl2N2O. The van der Waals surface area contributed by atoms with E-state index in [1.807, 2.05) is 13.0 Å². The number of hydrogen-bond donors (Lipinski definition) is 2. The van der Waals surface area contributed by atoms with Gasteiger partial charge in [-0.3, -0.25) is 4.79 Å². The Hall–Kier alpha value is -0.770. The van der Waals surface area contributed by atoms with Crippen molar-refractivity contribution in [3.8, 4) is 0 Å². The van der Waals surface area contributed by atoms with Crippen molar-refractivity contribution in [1.82, 2.24) is 5.32 Å². The highest BCUT2D eigenvalue weighted by Crippen LogP contribution is 2.25. The van der Waals surface area contributed by atoms with Crippen LogP contribution in [0.15, 0.2) is 18.2 Å². The molecule has 0 aliphatic rings. The molecule has 0 aliphatic heterocycles. The first kappa shape index (κ1) is 14.3. The molecule has 3 nitrogen and oxygen atoms in total. The lowest BCUT2D eigenvalue weighted by molar-refractivity contribution is -0.124. The smallest absolute Gasteiger partial charge is 0.224 e. The average Bonchev–Trinajstić information content (AvgIpc) is 2.31. The zero-order chi connectivity index (χ0) is 13.0. The van der Waals surface area contributed by atoms with E-state index in [0.29, 0.717) is 16.6 Å². The Kier molecular flexibility index (Phi) is 5.25. The van der Waals surface area contributed by atoms with Gasteiger partial charge >= 0.3 is 0 Å². The van der Waals surface area contributed by atoms with Crippen LogP contribution in [-0.4, -0.2) is 12.5 Å². The van der Waals surface area contributed by atoms with Gasteiger partial charge in [0.25, 0.3) is 0 Å². The number of carbonyl (C=O) groups excluding carboxylic acids is 1. The fourth-order valence-corrected chi connectivity index (χ4v) is 1.63. The fourth-order valence-electron chi connectivity index (χ4n) is 1.33. The lowest BCUT2D eigenvalue weighted by Gasteiger charge is -2.17. The van der Waals surface area contributed by atoms with E-state index < -0.39 is 0 Å². The van der Waals surface area contributed by atoms with Crippen LogP contribution in [0.1, 0.15) is 25.5 Å². The van der Waals surface area contributed by atoms with Gasteiger partial charge in [0.2, 0.25) is 5.91 Å². The normalized spacial score (nSPS) is 14.2. The highest BCUT2D eigenvalue weighted by atomic mass is 35.5. The Labute approximate surface area is 111 Å². The number of nitrogens with two attached hydrogens (primary N) is 1. The van der Waals surface area contributed by atoms with E-state index in [1.165, 1.54) is 0 Å². The molecule has 17 heavy (non-hydrogen) atoms. The van der Waals surface area contributed by atoms with Gasteiger partial charge in [0.15, 0.2) is 0 Å². The minimum Gasteiger partial charge on any atom is -0.349 e. The van der Waals surface area contributed by atoms with Gasteiger partial charge in [-0.05, 0) is 24.6 Å². The highest BCUT2D eigenvalue weighted by molar-refractivity contribution is 6.42. The predicted molar refractivity (Wildman–Crippen MR) is 71.2 cm³/mol. The third-order valence-electron chi connectivity index (χ3n) is 2.60. The van der Waals surface area contributed by atoms with Gasteiger partial charge in [-0.25, -0.2) is 0 Å². The summed E-state index contributed by atoms with van der Waals surface area (Å²) in [5.74, 6) is -0.258. The first-order valence-corrected chi connectivity index (χ1v) is 6.16. The van der Waals surface area contributed by atoms with Gasteiger partial charge in [-0.1, -0.05) is 36.2 Å². The lowest BCUT2D eigenvalue weighted by atomic mass is 10.1. The monoisotopic (exact) mass is 274 g/mol. The Morgan fingerprint density at radius 1 is 1.35 bits per heavy atom. The van der Waals surface area contributed by atoms with Gasteiger partial charge in [0.05, 0.1) is 16.1 Å². The highest BCUT2D eigenvalue weighted by Gasteiger charge is 2.15. The zero-order valence-electron chi connectivity index (χ0n) is 9.84. The second kappa shape index (κ2) is 6.24. The van der Waals surface area contributed by atoms with Crippen molar-refractivity contribution in [2.75, 3.05) is 6.54 Å². The van der Waals surface area contributed by atoms with E-state index in [4.69, 9.17) is 28.9 Å². The Bertz CT molecular complexity index is 409. The van der Waals surface area contributed by atoms with Crippen molar-refractivity contribution in [3.63, 3.8) is 0 Å². The maximum absolute atomic E-state index is 11.7. The Balaban J connectivity index is 2.73. The SMILES string of the molecule is CC(CN)C(=O)NC(C)c1ccc(Cl)c(Cl)c1. The maximum Gasteiger partial charge on any atom is 0.224 e. The van der Waals surface area contributed by atoms with Crippen molar-refractivity contribution in [1.29, 1.82) is 0 Å². The summed E-state index contributed by atoms with van der Waals surface area (Å²) >= 11 is 11.7. The summed E-state index contributed by atoms with van der Waals surface area (Å²) in [6.45, 7) is 4.01. The molecule has 1 amide bonds. The molecule has 0 aliphatic carbocycles. The number of halogens is 2. The molecular weight excluding hydrogens is 259 g/mol. The molecule has 0 radical (unpaired) electrons. The quantitative estimate of drug-likeness (QED) is 0.887. The molecule has 0 heterocycles. The molecule has 0 saturated heterocycles. The van der Waals surface area contributed by atoms with Gasteiger partial charge in [-0.2, -0.15) is 0 Å². The topological polar surface area (TPSA) is 55.1 Å². The third-order valence-corrected chi connectivity index (χ3v) is 3.34. The second-order valence-corrected chi connectivity index (χ2v) is 4.85. The molecule has 5 heteroatoms. The lowest BCUT2D eigenvalue weighted by Crippen LogP contribution is -2.34. The molecule has 1 aromatic rings. The van der Waals surface area contributed by atoms with Crippen LogP contribution < -0.4 is 11.1 Å². The summed E-state index contributed by atoms with van der Waals surface area (Å²) < 4.78 is 0. The minimum atomic E-state index is -0.194. The van der Waals surface area contributed by atoms with E-state index in [-0.39, 0.29) is 17.9 Å². The van der Waals surface area contributed by atoms with Crippen LogP contribution in [0.5, 0.6) is 0 Å². The van der Waals surface area contributed by atoms with Crippen LogP contribution in [0.4, 0.5) is 0 Å². The van der Waals surface area contributed by atoms with E-state index in [0.717, 1.165) is 5.56 Å². The van der Waals surface area contributed by atoms with E-state index >= 15 is 0 Å². The van der Waals surface area contributed by atoms with Crippen LogP contribution in [0.25, 0.3) is 0 Å². The number of rotatable bonds is 4.